The maximum Gasteiger partial charge on any atom is 0.236 e. The number of hydrogen-bond donors (Lipinski definition) is 0. The number of halogens is 1. The Bertz CT molecular complexity index is 446. The van der Waals surface area contributed by atoms with Crippen LogP contribution in [0.25, 0.3) is 0 Å². The molecule has 0 aromatic carbocycles. The molecule has 0 saturated carbocycles. The van der Waals surface area contributed by atoms with Crippen molar-refractivity contribution in [2.24, 2.45) is 0 Å². The van der Waals surface area contributed by atoms with Crippen LogP contribution in [0, 0.1) is 0 Å². The molecule has 1 aromatic rings. The average Bonchev–Trinajstić information content (AvgIpc) is 2.75. The lowest BCUT2D eigenvalue weighted by molar-refractivity contribution is -0.129. The third-order valence-electron chi connectivity index (χ3n) is 2.64. The maximum absolute atomic E-state index is 12.2. The highest BCUT2D eigenvalue weighted by Gasteiger charge is 2.18. The van der Waals surface area contributed by atoms with Gasteiger partial charge in [-0.15, -0.1) is 11.3 Å². The molecular weight excluding hydrogens is 328 g/mol. The number of rotatable bonds is 7. The minimum absolute atomic E-state index is 0.0199. The van der Waals surface area contributed by atoms with Gasteiger partial charge in [0.05, 0.1) is 18.0 Å². The summed E-state index contributed by atoms with van der Waals surface area (Å²) in [7, 11) is 3.45. The van der Waals surface area contributed by atoms with E-state index < -0.39 is 0 Å². The van der Waals surface area contributed by atoms with Gasteiger partial charge in [0.25, 0.3) is 0 Å². The zero-order valence-electron chi connectivity index (χ0n) is 11.5. The number of likely N-dealkylation sites (N-methyl/N-ethyl adjacent to an activating group) is 1. The standard InChI is InChI=1S/C13H19BrN2O2S/c1-4-6-16(9-12(18)15(2)3)8-11(17)13-10(14)5-7-19-13/h5,7H,4,6,8-9H2,1-3H3. The van der Waals surface area contributed by atoms with Crippen molar-refractivity contribution in [2.75, 3.05) is 33.7 Å². The van der Waals surface area contributed by atoms with Crippen molar-refractivity contribution < 1.29 is 9.59 Å². The molecule has 0 aliphatic heterocycles. The zero-order valence-corrected chi connectivity index (χ0v) is 13.9. The molecule has 6 heteroatoms. The Balaban J connectivity index is 2.65. The Hall–Kier alpha value is -0.720. The highest BCUT2D eigenvalue weighted by molar-refractivity contribution is 9.10. The van der Waals surface area contributed by atoms with Crippen LogP contribution < -0.4 is 0 Å². The number of carbonyl (C=O) groups excluding carboxylic acids is 2. The van der Waals surface area contributed by atoms with E-state index in [0.29, 0.717) is 0 Å². The summed E-state index contributed by atoms with van der Waals surface area (Å²) < 4.78 is 0.831. The summed E-state index contributed by atoms with van der Waals surface area (Å²) in [6.07, 6.45) is 0.916. The SMILES string of the molecule is CCCN(CC(=O)c1sccc1Br)CC(=O)N(C)C. The summed E-state index contributed by atoms with van der Waals surface area (Å²) in [6.45, 7) is 3.36. The molecule has 0 atom stereocenters. The van der Waals surface area contributed by atoms with Crippen molar-refractivity contribution in [3.63, 3.8) is 0 Å². The van der Waals surface area contributed by atoms with E-state index in [1.54, 1.807) is 19.0 Å². The fourth-order valence-corrected chi connectivity index (χ4v) is 3.16. The van der Waals surface area contributed by atoms with E-state index in [1.165, 1.54) is 11.3 Å². The highest BCUT2D eigenvalue weighted by Crippen LogP contribution is 2.23. The fourth-order valence-electron chi connectivity index (χ4n) is 1.63. The summed E-state index contributed by atoms with van der Waals surface area (Å²) in [6, 6.07) is 1.87. The minimum atomic E-state index is 0.0199. The Morgan fingerprint density at radius 1 is 1.32 bits per heavy atom. The Labute approximate surface area is 126 Å². The first kappa shape index (κ1) is 16.3. The number of carbonyl (C=O) groups is 2. The molecule has 0 spiro atoms. The van der Waals surface area contributed by atoms with Crippen LogP contribution in [0.15, 0.2) is 15.9 Å². The second kappa shape index (κ2) is 7.77. The van der Waals surface area contributed by atoms with Gasteiger partial charge in [0, 0.05) is 18.6 Å². The van der Waals surface area contributed by atoms with E-state index in [2.05, 4.69) is 15.9 Å². The topological polar surface area (TPSA) is 40.6 Å². The van der Waals surface area contributed by atoms with E-state index in [-0.39, 0.29) is 24.8 Å². The number of hydrogen-bond acceptors (Lipinski definition) is 4. The smallest absolute Gasteiger partial charge is 0.236 e. The van der Waals surface area contributed by atoms with Gasteiger partial charge < -0.3 is 4.90 Å². The van der Waals surface area contributed by atoms with E-state index in [9.17, 15) is 9.59 Å². The molecule has 1 aromatic heterocycles. The van der Waals surface area contributed by atoms with Crippen LogP contribution in [0.4, 0.5) is 0 Å². The van der Waals surface area contributed by atoms with Gasteiger partial charge >= 0.3 is 0 Å². The van der Waals surface area contributed by atoms with E-state index in [4.69, 9.17) is 0 Å². The van der Waals surface area contributed by atoms with E-state index >= 15 is 0 Å². The summed E-state index contributed by atoms with van der Waals surface area (Å²) in [4.78, 5) is 28.1. The molecule has 1 heterocycles. The van der Waals surface area contributed by atoms with E-state index in [0.717, 1.165) is 22.3 Å². The van der Waals surface area contributed by atoms with Gasteiger partial charge in [0.2, 0.25) is 5.91 Å². The van der Waals surface area contributed by atoms with Crippen LogP contribution in [0.5, 0.6) is 0 Å². The van der Waals surface area contributed by atoms with Gasteiger partial charge in [0.1, 0.15) is 0 Å². The van der Waals surface area contributed by atoms with Crippen molar-refractivity contribution in [2.45, 2.75) is 13.3 Å². The molecule has 0 saturated heterocycles. The largest absolute Gasteiger partial charge is 0.348 e. The molecule has 0 aliphatic rings. The first-order chi connectivity index (χ1) is 8.95. The molecule has 0 N–H and O–H groups in total. The maximum atomic E-state index is 12.2. The lowest BCUT2D eigenvalue weighted by Crippen LogP contribution is -2.39. The number of amides is 1. The van der Waals surface area contributed by atoms with Crippen molar-refractivity contribution in [1.29, 1.82) is 0 Å². The molecule has 0 unspecified atom stereocenters. The fraction of sp³-hybridized carbons (Fsp3) is 0.538. The zero-order chi connectivity index (χ0) is 14.4. The molecular formula is C13H19BrN2O2S. The van der Waals surface area contributed by atoms with Gasteiger partial charge in [-0.05, 0) is 40.3 Å². The number of thiophene rings is 1. The van der Waals surface area contributed by atoms with Gasteiger partial charge in [-0.25, -0.2) is 0 Å². The van der Waals surface area contributed by atoms with Crippen LogP contribution in [-0.2, 0) is 4.79 Å². The molecule has 106 valence electrons. The first-order valence-electron chi connectivity index (χ1n) is 6.14. The second-order valence-corrected chi connectivity index (χ2v) is 6.29. The van der Waals surface area contributed by atoms with Gasteiger partial charge in [0.15, 0.2) is 5.78 Å². The molecule has 1 amide bonds. The lowest BCUT2D eigenvalue weighted by atomic mass is 10.2. The van der Waals surface area contributed by atoms with Crippen LogP contribution in [0.1, 0.15) is 23.0 Å². The second-order valence-electron chi connectivity index (χ2n) is 4.52. The van der Waals surface area contributed by atoms with Crippen LogP contribution >= 0.6 is 27.3 Å². The van der Waals surface area contributed by atoms with Crippen LogP contribution in [-0.4, -0.2) is 55.2 Å². The van der Waals surface area contributed by atoms with Gasteiger partial charge in [-0.2, -0.15) is 0 Å². The van der Waals surface area contributed by atoms with Crippen molar-refractivity contribution in [3.05, 3.63) is 20.8 Å². The molecule has 0 fully saturated rings. The molecule has 1 rings (SSSR count). The Morgan fingerprint density at radius 2 is 2.00 bits per heavy atom. The molecule has 4 nitrogen and oxygen atoms in total. The highest BCUT2D eigenvalue weighted by atomic mass is 79.9. The molecule has 0 bridgehead atoms. The molecule has 19 heavy (non-hydrogen) atoms. The summed E-state index contributed by atoms with van der Waals surface area (Å²) in [5.74, 6) is 0.0772. The first-order valence-corrected chi connectivity index (χ1v) is 7.81. The predicted molar refractivity (Wildman–Crippen MR) is 81.8 cm³/mol. The Kier molecular flexibility index (Phi) is 6.68. The monoisotopic (exact) mass is 346 g/mol. The lowest BCUT2D eigenvalue weighted by Gasteiger charge is -2.22. The molecule has 0 aliphatic carbocycles. The van der Waals surface area contributed by atoms with Crippen LogP contribution in [0.2, 0.25) is 0 Å². The predicted octanol–water partition coefficient (Wildman–Crippen LogP) is 2.49. The quantitative estimate of drug-likeness (QED) is 0.712. The van der Waals surface area contributed by atoms with Crippen molar-refractivity contribution in [1.82, 2.24) is 9.80 Å². The van der Waals surface area contributed by atoms with Crippen molar-refractivity contribution >= 4 is 39.0 Å². The number of nitrogens with zero attached hydrogens (tertiary/aromatic N) is 2. The van der Waals surface area contributed by atoms with Crippen molar-refractivity contribution in [3.8, 4) is 0 Å². The normalized spacial score (nSPS) is 10.8. The van der Waals surface area contributed by atoms with Gasteiger partial charge in [-0.1, -0.05) is 6.92 Å². The van der Waals surface area contributed by atoms with E-state index in [1.807, 2.05) is 23.3 Å². The minimum Gasteiger partial charge on any atom is -0.348 e. The Morgan fingerprint density at radius 3 is 2.47 bits per heavy atom. The number of ketones is 1. The molecule has 0 radical (unpaired) electrons. The number of Topliss-reactive ketones (excluding diaryl/α,β-unsaturated/α-hetero) is 1. The third-order valence-corrected chi connectivity index (χ3v) is 4.51. The summed E-state index contributed by atoms with van der Waals surface area (Å²) in [5, 5.41) is 1.88. The van der Waals surface area contributed by atoms with Crippen LogP contribution in [0.3, 0.4) is 0 Å². The third kappa shape index (κ3) is 5.04. The average molecular weight is 347 g/mol. The summed E-state index contributed by atoms with van der Waals surface area (Å²) >= 11 is 4.79. The van der Waals surface area contributed by atoms with Gasteiger partial charge in [-0.3, -0.25) is 14.5 Å². The summed E-state index contributed by atoms with van der Waals surface area (Å²) in [5.41, 5.74) is 0.